The maximum absolute atomic E-state index is 12.6. The van der Waals surface area contributed by atoms with E-state index in [-0.39, 0.29) is 17.4 Å². The van der Waals surface area contributed by atoms with Crippen LogP contribution >= 0.6 is 11.3 Å². The summed E-state index contributed by atoms with van der Waals surface area (Å²) in [6, 6.07) is 19.8. The molecule has 154 valence electrons. The van der Waals surface area contributed by atoms with Crippen molar-refractivity contribution in [3.8, 4) is 0 Å². The van der Waals surface area contributed by atoms with E-state index in [0.29, 0.717) is 23.5 Å². The molecule has 3 aromatic rings. The van der Waals surface area contributed by atoms with Gasteiger partial charge in [-0.05, 0) is 42.5 Å². The third kappa shape index (κ3) is 5.78. The van der Waals surface area contributed by atoms with Gasteiger partial charge in [0.1, 0.15) is 0 Å². The van der Waals surface area contributed by atoms with Crippen LogP contribution in [0.1, 0.15) is 32.5 Å². The van der Waals surface area contributed by atoms with Crippen LogP contribution in [0.2, 0.25) is 0 Å². The quantitative estimate of drug-likeness (QED) is 0.539. The predicted octanol–water partition coefficient (Wildman–Crippen LogP) is 3.90. The third-order valence-electron chi connectivity index (χ3n) is 4.35. The number of benzene rings is 2. The molecule has 0 radical (unpaired) electrons. The Kier molecular flexibility index (Phi) is 7.34. The zero-order valence-corrected chi connectivity index (χ0v) is 17.3. The molecule has 0 saturated heterocycles. The van der Waals surface area contributed by atoms with Crippen molar-refractivity contribution in [1.29, 1.82) is 0 Å². The molecular formula is C23H22N2O4S. The number of anilines is 1. The van der Waals surface area contributed by atoms with Gasteiger partial charge < -0.3 is 15.4 Å². The molecule has 3 rings (SSSR count). The number of ether oxygens (including phenoxy) is 1. The van der Waals surface area contributed by atoms with E-state index in [9.17, 15) is 14.4 Å². The van der Waals surface area contributed by atoms with E-state index in [1.807, 2.05) is 30.3 Å². The molecule has 1 unspecified atom stereocenters. The Morgan fingerprint density at radius 2 is 1.70 bits per heavy atom. The highest BCUT2D eigenvalue weighted by atomic mass is 32.1. The first-order valence-electron chi connectivity index (χ1n) is 9.51. The van der Waals surface area contributed by atoms with Crippen molar-refractivity contribution in [2.45, 2.75) is 19.4 Å². The number of amides is 2. The van der Waals surface area contributed by atoms with Crippen molar-refractivity contribution in [3.63, 3.8) is 0 Å². The molecule has 0 spiro atoms. The molecular weight excluding hydrogens is 400 g/mol. The molecule has 0 fully saturated rings. The Morgan fingerprint density at radius 1 is 0.967 bits per heavy atom. The van der Waals surface area contributed by atoms with Gasteiger partial charge in [0.2, 0.25) is 0 Å². The molecule has 6 nitrogen and oxygen atoms in total. The van der Waals surface area contributed by atoms with Gasteiger partial charge in [-0.15, -0.1) is 11.3 Å². The second kappa shape index (κ2) is 10.4. The molecule has 7 heteroatoms. The Balaban J connectivity index is 1.55. The topological polar surface area (TPSA) is 84.5 Å². The van der Waals surface area contributed by atoms with Crippen LogP contribution in [0.3, 0.4) is 0 Å². The van der Waals surface area contributed by atoms with Crippen LogP contribution in [0.4, 0.5) is 5.69 Å². The minimum absolute atomic E-state index is 0.186. The molecule has 2 aromatic carbocycles. The van der Waals surface area contributed by atoms with Crippen LogP contribution in [-0.4, -0.2) is 30.4 Å². The monoisotopic (exact) mass is 422 g/mol. The minimum Gasteiger partial charge on any atom is -0.449 e. The van der Waals surface area contributed by atoms with Crippen LogP contribution in [0.5, 0.6) is 0 Å². The SMILES string of the molecule is CC(OC(=O)c1ccccc1NC(=O)c1cccs1)C(=O)NCCc1ccccc1. The number of hydrogen-bond acceptors (Lipinski definition) is 5. The highest BCUT2D eigenvalue weighted by molar-refractivity contribution is 7.12. The summed E-state index contributed by atoms with van der Waals surface area (Å²) in [6.07, 6.45) is -0.278. The predicted molar refractivity (Wildman–Crippen MR) is 117 cm³/mol. The summed E-state index contributed by atoms with van der Waals surface area (Å²) >= 11 is 1.30. The van der Waals surface area contributed by atoms with Gasteiger partial charge in [0.15, 0.2) is 6.10 Å². The summed E-state index contributed by atoms with van der Waals surface area (Å²) in [6.45, 7) is 1.96. The second-order valence-corrected chi connectivity index (χ2v) is 7.50. The Hall–Kier alpha value is -3.45. The average Bonchev–Trinajstić information content (AvgIpc) is 3.30. The fourth-order valence-corrected chi connectivity index (χ4v) is 3.38. The van der Waals surface area contributed by atoms with Crippen molar-refractivity contribution in [3.05, 3.63) is 88.1 Å². The molecule has 0 saturated carbocycles. The summed E-state index contributed by atoms with van der Waals surface area (Å²) in [4.78, 5) is 37.7. The molecule has 1 atom stereocenters. The van der Waals surface area contributed by atoms with Crippen molar-refractivity contribution in [2.75, 3.05) is 11.9 Å². The summed E-state index contributed by atoms with van der Waals surface area (Å²) in [7, 11) is 0. The van der Waals surface area contributed by atoms with E-state index >= 15 is 0 Å². The van der Waals surface area contributed by atoms with E-state index in [2.05, 4.69) is 10.6 Å². The first kappa shape index (κ1) is 21.3. The van der Waals surface area contributed by atoms with Gasteiger partial charge in [-0.25, -0.2) is 4.79 Å². The van der Waals surface area contributed by atoms with Crippen molar-refractivity contribution >= 4 is 34.8 Å². The first-order valence-corrected chi connectivity index (χ1v) is 10.4. The fourth-order valence-electron chi connectivity index (χ4n) is 2.76. The first-order chi connectivity index (χ1) is 14.5. The number of para-hydroxylation sites is 1. The van der Waals surface area contributed by atoms with Crippen molar-refractivity contribution in [1.82, 2.24) is 5.32 Å². The number of carbonyl (C=O) groups excluding carboxylic acids is 3. The smallest absolute Gasteiger partial charge is 0.341 e. The lowest BCUT2D eigenvalue weighted by Gasteiger charge is -2.15. The molecule has 0 bridgehead atoms. The van der Waals surface area contributed by atoms with Crippen LogP contribution < -0.4 is 10.6 Å². The van der Waals surface area contributed by atoms with Gasteiger partial charge in [-0.2, -0.15) is 0 Å². The molecule has 1 heterocycles. The van der Waals surface area contributed by atoms with E-state index < -0.39 is 12.1 Å². The highest BCUT2D eigenvalue weighted by Gasteiger charge is 2.21. The second-order valence-electron chi connectivity index (χ2n) is 6.55. The van der Waals surface area contributed by atoms with E-state index in [1.165, 1.54) is 18.3 Å². The van der Waals surface area contributed by atoms with Gasteiger partial charge in [-0.3, -0.25) is 9.59 Å². The molecule has 0 aliphatic carbocycles. The third-order valence-corrected chi connectivity index (χ3v) is 5.22. The van der Waals surface area contributed by atoms with E-state index in [0.717, 1.165) is 5.56 Å². The van der Waals surface area contributed by atoms with Crippen LogP contribution in [0.25, 0.3) is 0 Å². The van der Waals surface area contributed by atoms with Gasteiger partial charge in [0.25, 0.3) is 11.8 Å². The molecule has 2 N–H and O–H groups in total. The van der Waals surface area contributed by atoms with Gasteiger partial charge >= 0.3 is 5.97 Å². The molecule has 30 heavy (non-hydrogen) atoms. The molecule has 0 aliphatic heterocycles. The Labute approximate surface area is 178 Å². The summed E-state index contributed by atoms with van der Waals surface area (Å²) in [5.41, 5.74) is 1.63. The lowest BCUT2D eigenvalue weighted by Crippen LogP contribution is -2.37. The maximum Gasteiger partial charge on any atom is 0.341 e. The number of thiophene rings is 1. The maximum atomic E-state index is 12.6. The minimum atomic E-state index is -0.964. The standard InChI is InChI=1S/C23H22N2O4S/c1-16(21(26)24-14-13-17-8-3-2-4-9-17)29-23(28)18-10-5-6-11-19(18)25-22(27)20-12-7-15-30-20/h2-12,15-16H,13-14H2,1H3,(H,24,26)(H,25,27). The zero-order chi connectivity index (χ0) is 21.3. The number of nitrogens with one attached hydrogen (secondary N) is 2. The van der Waals surface area contributed by atoms with E-state index in [4.69, 9.17) is 4.74 Å². The number of esters is 1. The molecule has 0 aliphatic rings. The lowest BCUT2D eigenvalue weighted by molar-refractivity contribution is -0.129. The Morgan fingerprint density at radius 3 is 2.43 bits per heavy atom. The van der Waals surface area contributed by atoms with Gasteiger partial charge in [0, 0.05) is 6.54 Å². The number of rotatable bonds is 8. The number of carbonyl (C=O) groups is 3. The zero-order valence-electron chi connectivity index (χ0n) is 16.5. The number of hydrogen-bond donors (Lipinski definition) is 2. The van der Waals surface area contributed by atoms with Gasteiger partial charge in [0.05, 0.1) is 16.1 Å². The summed E-state index contributed by atoms with van der Waals surface area (Å²) < 4.78 is 5.31. The van der Waals surface area contributed by atoms with Crippen LogP contribution in [0, 0.1) is 0 Å². The molecule has 2 amide bonds. The summed E-state index contributed by atoms with van der Waals surface area (Å²) in [5.74, 6) is -1.36. The highest BCUT2D eigenvalue weighted by Crippen LogP contribution is 2.19. The average molecular weight is 423 g/mol. The van der Waals surface area contributed by atoms with Gasteiger partial charge in [-0.1, -0.05) is 48.5 Å². The Bertz CT molecular complexity index is 1000. The lowest BCUT2D eigenvalue weighted by atomic mass is 10.1. The summed E-state index contributed by atoms with van der Waals surface area (Å²) in [5, 5.41) is 7.29. The van der Waals surface area contributed by atoms with Crippen molar-refractivity contribution in [2.24, 2.45) is 0 Å². The van der Waals surface area contributed by atoms with Crippen molar-refractivity contribution < 1.29 is 19.1 Å². The largest absolute Gasteiger partial charge is 0.449 e. The normalized spacial score (nSPS) is 11.4. The fraction of sp³-hybridized carbons (Fsp3) is 0.174. The van der Waals surface area contributed by atoms with Crippen LogP contribution in [0.15, 0.2) is 72.1 Å². The molecule has 1 aromatic heterocycles. The van der Waals surface area contributed by atoms with E-state index in [1.54, 1.807) is 41.8 Å². The van der Waals surface area contributed by atoms with Crippen LogP contribution in [-0.2, 0) is 16.0 Å².